The Morgan fingerprint density at radius 1 is 1.24 bits per heavy atom. The molecule has 0 saturated heterocycles. The largest absolute Gasteiger partial charge is 0.451 e. The van der Waals surface area contributed by atoms with Gasteiger partial charge in [0.1, 0.15) is 6.54 Å². The molecule has 2 rings (SSSR count). The van der Waals surface area contributed by atoms with E-state index in [1.807, 2.05) is 0 Å². The summed E-state index contributed by atoms with van der Waals surface area (Å²) in [4.78, 5) is 47.1. The van der Waals surface area contributed by atoms with Gasteiger partial charge in [0.25, 0.3) is 11.5 Å². The third-order valence-corrected chi connectivity index (χ3v) is 4.05. The molecule has 0 radical (unpaired) electrons. The van der Waals surface area contributed by atoms with Crippen molar-refractivity contribution in [2.45, 2.75) is 57.7 Å². The molecule has 25 heavy (non-hydrogen) atoms. The number of nitrogens with one attached hydrogen (secondary N) is 2. The van der Waals surface area contributed by atoms with Gasteiger partial charge in [-0.15, -0.1) is 0 Å². The van der Waals surface area contributed by atoms with Gasteiger partial charge in [0.15, 0.2) is 6.10 Å². The van der Waals surface area contributed by atoms with Gasteiger partial charge >= 0.3 is 12.0 Å². The van der Waals surface area contributed by atoms with Gasteiger partial charge in [-0.05, 0) is 25.8 Å². The first-order valence-electron chi connectivity index (χ1n) is 8.42. The summed E-state index contributed by atoms with van der Waals surface area (Å²) in [5.41, 5.74) is -0.344. The van der Waals surface area contributed by atoms with E-state index in [1.165, 1.54) is 23.8 Å². The molecule has 1 aliphatic carbocycles. The van der Waals surface area contributed by atoms with Gasteiger partial charge in [-0.1, -0.05) is 25.3 Å². The summed E-state index contributed by atoms with van der Waals surface area (Å²) in [5.74, 6) is -1.44. The molecule has 2 N–H and O–H groups in total. The smallest absolute Gasteiger partial charge is 0.326 e. The lowest BCUT2D eigenvalue weighted by Crippen LogP contribution is -2.48. The van der Waals surface area contributed by atoms with Gasteiger partial charge in [0.05, 0.1) is 0 Å². The number of carbonyl (C=O) groups excluding carboxylic acids is 3. The second-order valence-electron chi connectivity index (χ2n) is 6.10. The standard InChI is InChI=1S/C17H23N3O5/c1-12(25-15(22)11-20-10-6-5-9-14(20)21)16(23)19-17(24)18-13-7-3-2-4-8-13/h5-6,9-10,12-13H,2-4,7-8,11H2,1H3,(H2,18,19,23,24)/t12-/m1/s1. The van der Waals surface area contributed by atoms with E-state index in [0.717, 1.165) is 32.1 Å². The highest BCUT2D eigenvalue weighted by Gasteiger charge is 2.22. The molecular weight excluding hydrogens is 326 g/mol. The normalized spacial score (nSPS) is 15.9. The number of carbonyl (C=O) groups is 3. The van der Waals surface area contributed by atoms with Crippen LogP contribution >= 0.6 is 0 Å². The van der Waals surface area contributed by atoms with Crippen LogP contribution in [0.25, 0.3) is 0 Å². The van der Waals surface area contributed by atoms with E-state index < -0.39 is 24.0 Å². The van der Waals surface area contributed by atoms with Gasteiger partial charge in [0, 0.05) is 18.3 Å². The van der Waals surface area contributed by atoms with Crippen molar-refractivity contribution in [2.24, 2.45) is 0 Å². The number of imide groups is 1. The Hall–Kier alpha value is -2.64. The van der Waals surface area contributed by atoms with E-state index in [0.29, 0.717) is 0 Å². The van der Waals surface area contributed by atoms with Crippen LogP contribution in [0.15, 0.2) is 29.2 Å². The molecule has 0 spiro atoms. The molecule has 8 nitrogen and oxygen atoms in total. The van der Waals surface area contributed by atoms with Crippen molar-refractivity contribution in [1.29, 1.82) is 0 Å². The summed E-state index contributed by atoms with van der Waals surface area (Å²) in [6, 6.07) is 3.98. The van der Waals surface area contributed by atoms with Crippen LogP contribution in [0.5, 0.6) is 0 Å². The first kappa shape index (κ1) is 18.7. The van der Waals surface area contributed by atoms with Crippen molar-refractivity contribution in [3.8, 4) is 0 Å². The first-order chi connectivity index (χ1) is 12.0. The Labute approximate surface area is 145 Å². The van der Waals surface area contributed by atoms with Crippen molar-refractivity contribution < 1.29 is 19.1 Å². The van der Waals surface area contributed by atoms with Crippen LogP contribution < -0.4 is 16.2 Å². The van der Waals surface area contributed by atoms with Crippen molar-refractivity contribution in [2.75, 3.05) is 0 Å². The number of urea groups is 1. The number of hydrogen-bond acceptors (Lipinski definition) is 5. The Balaban J connectivity index is 1.77. The van der Waals surface area contributed by atoms with Crippen molar-refractivity contribution >= 4 is 17.9 Å². The summed E-state index contributed by atoms with van der Waals surface area (Å²) in [7, 11) is 0. The summed E-state index contributed by atoms with van der Waals surface area (Å²) in [5, 5.41) is 4.92. The van der Waals surface area contributed by atoms with Crippen LogP contribution in [0.4, 0.5) is 4.79 Å². The highest BCUT2D eigenvalue weighted by Crippen LogP contribution is 2.17. The molecule has 8 heteroatoms. The van der Waals surface area contributed by atoms with Crippen molar-refractivity contribution in [1.82, 2.24) is 15.2 Å². The Morgan fingerprint density at radius 2 is 1.96 bits per heavy atom. The zero-order valence-electron chi connectivity index (χ0n) is 14.2. The second-order valence-corrected chi connectivity index (χ2v) is 6.10. The lowest BCUT2D eigenvalue weighted by Gasteiger charge is -2.23. The lowest BCUT2D eigenvalue weighted by molar-refractivity contribution is -0.155. The minimum absolute atomic E-state index is 0.0735. The number of nitrogens with zero attached hydrogens (tertiary/aromatic N) is 1. The van der Waals surface area contributed by atoms with Crippen LogP contribution in [0.2, 0.25) is 0 Å². The number of amides is 3. The monoisotopic (exact) mass is 349 g/mol. The summed E-state index contributed by atoms with van der Waals surface area (Å²) in [6.45, 7) is 1.07. The topological polar surface area (TPSA) is 106 Å². The minimum atomic E-state index is -1.14. The molecule has 1 saturated carbocycles. The minimum Gasteiger partial charge on any atom is -0.451 e. The molecule has 3 amide bonds. The van der Waals surface area contributed by atoms with E-state index >= 15 is 0 Å². The lowest BCUT2D eigenvalue weighted by atomic mass is 9.96. The highest BCUT2D eigenvalue weighted by atomic mass is 16.5. The van der Waals surface area contributed by atoms with Gasteiger partial charge < -0.3 is 14.6 Å². The van der Waals surface area contributed by atoms with Crippen molar-refractivity contribution in [3.63, 3.8) is 0 Å². The van der Waals surface area contributed by atoms with Gasteiger partial charge in [-0.2, -0.15) is 0 Å². The molecule has 1 heterocycles. The van der Waals surface area contributed by atoms with Crippen LogP contribution in [0.1, 0.15) is 39.0 Å². The third kappa shape index (κ3) is 6.06. The average Bonchev–Trinajstić information content (AvgIpc) is 2.57. The molecule has 0 unspecified atom stereocenters. The molecule has 0 aromatic carbocycles. The SMILES string of the molecule is C[C@@H](OC(=O)Cn1ccccc1=O)C(=O)NC(=O)NC1CCCCC1. The Morgan fingerprint density at radius 3 is 2.64 bits per heavy atom. The molecule has 0 bridgehead atoms. The maximum Gasteiger partial charge on any atom is 0.326 e. The van der Waals surface area contributed by atoms with Crippen LogP contribution in [0, 0.1) is 0 Å². The van der Waals surface area contributed by atoms with Gasteiger partial charge in [-0.25, -0.2) is 4.79 Å². The third-order valence-electron chi connectivity index (χ3n) is 4.05. The molecule has 136 valence electrons. The number of aromatic nitrogens is 1. The summed E-state index contributed by atoms with van der Waals surface area (Å²) < 4.78 is 6.14. The van der Waals surface area contributed by atoms with E-state index in [4.69, 9.17) is 4.74 Å². The molecule has 1 aliphatic rings. The molecule has 1 aromatic rings. The van der Waals surface area contributed by atoms with E-state index in [9.17, 15) is 19.2 Å². The number of pyridine rings is 1. The number of hydrogen-bond donors (Lipinski definition) is 2. The first-order valence-corrected chi connectivity index (χ1v) is 8.42. The number of esters is 1. The van der Waals surface area contributed by atoms with Gasteiger partial charge in [0.2, 0.25) is 0 Å². The van der Waals surface area contributed by atoms with E-state index in [-0.39, 0.29) is 18.1 Å². The molecular formula is C17H23N3O5. The number of rotatable bonds is 5. The molecule has 1 atom stereocenters. The maximum absolute atomic E-state index is 11.9. The van der Waals surface area contributed by atoms with Crippen LogP contribution in [0.3, 0.4) is 0 Å². The second kappa shape index (κ2) is 9.00. The van der Waals surface area contributed by atoms with E-state index in [1.54, 1.807) is 12.1 Å². The van der Waals surface area contributed by atoms with E-state index in [2.05, 4.69) is 10.6 Å². The van der Waals surface area contributed by atoms with Crippen LogP contribution in [-0.2, 0) is 20.9 Å². The fourth-order valence-corrected chi connectivity index (χ4v) is 2.70. The highest BCUT2D eigenvalue weighted by molar-refractivity contribution is 5.97. The predicted octanol–water partition coefficient (Wildman–Crippen LogP) is 0.938. The quantitative estimate of drug-likeness (QED) is 0.770. The summed E-state index contributed by atoms with van der Waals surface area (Å²) in [6.07, 6.45) is 5.40. The Bertz CT molecular complexity index is 679. The zero-order chi connectivity index (χ0) is 18.2. The fraction of sp³-hybridized carbons (Fsp3) is 0.529. The van der Waals surface area contributed by atoms with Gasteiger partial charge in [-0.3, -0.25) is 19.7 Å². The maximum atomic E-state index is 11.9. The number of ether oxygens (including phenoxy) is 1. The van der Waals surface area contributed by atoms with Crippen LogP contribution in [-0.4, -0.2) is 34.6 Å². The summed E-state index contributed by atoms with van der Waals surface area (Å²) >= 11 is 0. The average molecular weight is 349 g/mol. The molecule has 0 aliphatic heterocycles. The zero-order valence-corrected chi connectivity index (χ0v) is 14.2. The fourth-order valence-electron chi connectivity index (χ4n) is 2.70. The predicted molar refractivity (Wildman–Crippen MR) is 89.8 cm³/mol. The Kier molecular flexibility index (Phi) is 6.73. The van der Waals surface area contributed by atoms with Crippen molar-refractivity contribution in [3.05, 3.63) is 34.7 Å². The molecule has 1 fully saturated rings. The molecule has 1 aromatic heterocycles.